The lowest BCUT2D eigenvalue weighted by Crippen LogP contribution is -2.27. The van der Waals surface area contributed by atoms with Crippen LogP contribution < -0.4 is 10.6 Å². The first-order valence-corrected chi connectivity index (χ1v) is 6.39. The summed E-state index contributed by atoms with van der Waals surface area (Å²) in [5.41, 5.74) is 0. The number of unbranched alkanes of at least 4 members (excludes halogenated alkanes) is 1. The van der Waals surface area contributed by atoms with Crippen LogP contribution in [0.25, 0.3) is 0 Å². The smallest absolute Gasteiger partial charge is 0.303 e. The van der Waals surface area contributed by atoms with Crippen LogP contribution in [0, 0.1) is 0 Å². The van der Waals surface area contributed by atoms with Gasteiger partial charge in [0.2, 0.25) is 11.8 Å². The second kappa shape index (κ2) is 10.8. The van der Waals surface area contributed by atoms with E-state index in [0.717, 1.165) is 0 Å². The van der Waals surface area contributed by atoms with E-state index in [2.05, 4.69) is 10.6 Å². The SMILES string of the molecule is O=C(O)CCC(=O)NCCCCNC(=O)CCC(=O)O. The molecule has 0 spiro atoms. The topological polar surface area (TPSA) is 133 Å². The summed E-state index contributed by atoms with van der Waals surface area (Å²) >= 11 is 0. The minimum Gasteiger partial charge on any atom is -0.481 e. The molecule has 0 bridgehead atoms. The fourth-order valence-corrected chi connectivity index (χ4v) is 1.32. The van der Waals surface area contributed by atoms with Crippen molar-refractivity contribution in [2.45, 2.75) is 38.5 Å². The molecule has 114 valence electrons. The van der Waals surface area contributed by atoms with Crippen molar-refractivity contribution in [2.75, 3.05) is 13.1 Å². The van der Waals surface area contributed by atoms with Gasteiger partial charge in [-0.25, -0.2) is 0 Å². The van der Waals surface area contributed by atoms with E-state index in [1.807, 2.05) is 0 Å². The van der Waals surface area contributed by atoms with Crippen molar-refractivity contribution < 1.29 is 29.4 Å². The number of amides is 2. The van der Waals surface area contributed by atoms with Crippen LogP contribution in [0.1, 0.15) is 38.5 Å². The number of carbonyl (C=O) groups is 4. The van der Waals surface area contributed by atoms with E-state index in [1.54, 1.807) is 0 Å². The number of carbonyl (C=O) groups excluding carboxylic acids is 2. The Morgan fingerprint density at radius 1 is 0.650 bits per heavy atom. The molecule has 0 aromatic rings. The highest BCUT2D eigenvalue weighted by atomic mass is 16.4. The highest BCUT2D eigenvalue weighted by Gasteiger charge is 2.05. The molecule has 8 nitrogen and oxygen atoms in total. The summed E-state index contributed by atoms with van der Waals surface area (Å²) in [4.78, 5) is 42.7. The van der Waals surface area contributed by atoms with E-state index >= 15 is 0 Å². The monoisotopic (exact) mass is 288 g/mol. The lowest BCUT2D eigenvalue weighted by atomic mass is 10.2. The Bertz CT molecular complexity index is 322. The molecular weight excluding hydrogens is 268 g/mol. The van der Waals surface area contributed by atoms with Crippen molar-refractivity contribution in [3.05, 3.63) is 0 Å². The van der Waals surface area contributed by atoms with Crippen LogP contribution in [0.15, 0.2) is 0 Å². The van der Waals surface area contributed by atoms with Gasteiger partial charge in [0.1, 0.15) is 0 Å². The van der Waals surface area contributed by atoms with Crippen molar-refractivity contribution in [1.29, 1.82) is 0 Å². The molecule has 0 saturated carbocycles. The molecule has 0 rings (SSSR count). The highest BCUT2D eigenvalue weighted by molar-refractivity contribution is 5.81. The van der Waals surface area contributed by atoms with E-state index in [4.69, 9.17) is 10.2 Å². The summed E-state index contributed by atoms with van der Waals surface area (Å²) in [5.74, 6) is -2.63. The molecule has 0 atom stereocenters. The lowest BCUT2D eigenvalue weighted by Gasteiger charge is -2.05. The Hall–Kier alpha value is -2.12. The van der Waals surface area contributed by atoms with E-state index in [0.29, 0.717) is 25.9 Å². The molecule has 2 amide bonds. The highest BCUT2D eigenvalue weighted by Crippen LogP contribution is 1.92. The van der Waals surface area contributed by atoms with E-state index in [9.17, 15) is 19.2 Å². The number of rotatable bonds is 11. The van der Waals surface area contributed by atoms with Gasteiger partial charge in [-0.2, -0.15) is 0 Å². The zero-order valence-corrected chi connectivity index (χ0v) is 11.2. The molecule has 0 aromatic carbocycles. The maximum atomic E-state index is 11.1. The quantitative estimate of drug-likeness (QED) is 0.387. The molecule has 0 saturated heterocycles. The van der Waals surface area contributed by atoms with Crippen molar-refractivity contribution in [3.63, 3.8) is 0 Å². The Morgan fingerprint density at radius 2 is 1.00 bits per heavy atom. The summed E-state index contributed by atoms with van der Waals surface area (Å²) in [5, 5.41) is 21.9. The maximum Gasteiger partial charge on any atom is 0.303 e. The van der Waals surface area contributed by atoms with Gasteiger partial charge in [0.25, 0.3) is 0 Å². The fraction of sp³-hybridized carbons (Fsp3) is 0.667. The third-order valence-electron chi connectivity index (χ3n) is 2.38. The van der Waals surface area contributed by atoms with Gasteiger partial charge in [-0.05, 0) is 12.8 Å². The second-order valence-corrected chi connectivity index (χ2v) is 4.19. The molecule has 8 heteroatoms. The predicted octanol–water partition coefficient (Wildman–Crippen LogP) is -0.271. The van der Waals surface area contributed by atoms with Crippen LogP contribution in [0.3, 0.4) is 0 Å². The largest absolute Gasteiger partial charge is 0.481 e. The molecule has 0 aliphatic rings. The van der Waals surface area contributed by atoms with Gasteiger partial charge in [0.05, 0.1) is 12.8 Å². The van der Waals surface area contributed by atoms with Gasteiger partial charge in [0.15, 0.2) is 0 Å². The summed E-state index contributed by atoms with van der Waals surface area (Å²) in [6, 6.07) is 0. The Kier molecular flexibility index (Phi) is 9.63. The van der Waals surface area contributed by atoms with Crippen molar-refractivity contribution in [3.8, 4) is 0 Å². The summed E-state index contributed by atoms with van der Waals surface area (Å²) in [6.07, 6.45) is 0.843. The minimum atomic E-state index is -1.01. The zero-order valence-electron chi connectivity index (χ0n) is 11.2. The Morgan fingerprint density at radius 3 is 1.30 bits per heavy atom. The van der Waals surface area contributed by atoms with Crippen LogP contribution in [0.4, 0.5) is 0 Å². The molecule has 0 aliphatic carbocycles. The standard InChI is InChI=1S/C12H20N2O6/c15-9(3-5-11(17)18)13-7-1-2-8-14-10(16)4-6-12(19)20/h1-8H2,(H,13,15)(H,14,16)(H,17,18)(H,19,20). The normalized spacial score (nSPS) is 9.80. The Labute approximate surface area is 116 Å². The molecule has 0 fully saturated rings. The number of carboxylic acid groups (broad SMARTS) is 2. The Balaban J connectivity index is 3.39. The van der Waals surface area contributed by atoms with Gasteiger partial charge in [-0.3, -0.25) is 19.2 Å². The molecule has 20 heavy (non-hydrogen) atoms. The van der Waals surface area contributed by atoms with E-state index in [-0.39, 0.29) is 37.5 Å². The summed E-state index contributed by atoms with van der Waals surface area (Å²) in [6.45, 7) is 0.840. The van der Waals surface area contributed by atoms with Crippen molar-refractivity contribution in [2.24, 2.45) is 0 Å². The van der Waals surface area contributed by atoms with Gasteiger partial charge in [-0.15, -0.1) is 0 Å². The summed E-state index contributed by atoms with van der Waals surface area (Å²) in [7, 11) is 0. The van der Waals surface area contributed by atoms with E-state index < -0.39 is 11.9 Å². The average Bonchev–Trinajstić information content (AvgIpc) is 2.37. The van der Waals surface area contributed by atoms with Crippen LogP contribution in [0.2, 0.25) is 0 Å². The van der Waals surface area contributed by atoms with Crippen LogP contribution >= 0.6 is 0 Å². The van der Waals surface area contributed by atoms with Crippen molar-refractivity contribution >= 4 is 23.8 Å². The molecule has 0 unspecified atom stereocenters. The number of aliphatic carboxylic acids is 2. The third-order valence-corrected chi connectivity index (χ3v) is 2.38. The first kappa shape index (κ1) is 17.9. The summed E-state index contributed by atoms with van der Waals surface area (Å²) < 4.78 is 0. The predicted molar refractivity (Wildman–Crippen MR) is 69.0 cm³/mol. The zero-order chi connectivity index (χ0) is 15.4. The lowest BCUT2D eigenvalue weighted by molar-refractivity contribution is -0.139. The number of carboxylic acids is 2. The van der Waals surface area contributed by atoms with Gasteiger partial charge in [-0.1, -0.05) is 0 Å². The third kappa shape index (κ3) is 12.3. The second-order valence-electron chi connectivity index (χ2n) is 4.19. The molecule has 0 radical (unpaired) electrons. The van der Waals surface area contributed by atoms with Crippen LogP contribution in [-0.2, 0) is 19.2 Å². The van der Waals surface area contributed by atoms with Crippen LogP contribution in [0.5, 0.6) is 0 Å². The maximum absolute atomic E-state index is 11.1. The van der Waals surface area contributed by atoms with Crippen molar-refractivity contribution in [1.82, 2.24) is 10.6 Å². The van der Waals surface area contributed by atoms with E-state index in [1.165, 1.54) is 0 Å². The molecule has 4 N–H and O–H groups in total. The average molecular weight is 288 g/mol. The fourth-order valence-electron chi connectivity index (χ4n) is 1.32. The number of hydrogen-bond acceptors (Lipinski definition) is 4. The molecule has 0 aromatic heterocycles. The first-order valence-electron chi connectivity index (χ1n) is 6.39. The van der Waals surface area contributed by atoms with Gasteiger partial charge < -0.3 is 20.8 Å². The van der Waals surface area contributed by atoms with Gasteiger partial charge >= 0.3 is 11.9 Å². The molecule has 0 aliphatic heterocycles. The first-order chi connectivity index (χ1) is 9.41. The number of hydrogen-bond donors (Lipinski definition) is 4. The minimum absolute atomic E-state index is 0.0404. The van der Waals surface area contributed by atoms with Gasteiger partial charge in [0, 0.05) is 25.9 Å². The van der Waals surface area contributed by atoms with Crippen LogP contribution in [-0.4, -0.2) is 47.1 Å². The molecule has 0 heterocycles. The number of nitrogens with one attached hydrogen (secondary N) is 2. The molecular formula is C12H20N2O6.